The maximum Gasteiger partial charge on any atom is 0.170 e. The summed E-state index contributed by atoms with van der Waals surface area (Å²) in [5.41, 5.74) is 1.31. The predicted molar refractivity (Wildman–Crippen MR) is 54.8 cm³/mol. The van der Waals surface area contributed by atoms with Gasteiger partial charge in [0.25, 0.3) is 0 Å². The first-order chi connectivity index (χ1) is 7.31. The minimum Gasteiger partial charge on any atom is -0.492 e. The van der Waals surface area contributed by atoms with Gasteiger partial charge in [-0.2, -0.15) is 0 Å². The van der Waals surface area contributed by atoms with Crippen LogP contribution in [0.3, 0.4) is 0 Å². The Hall–Kier alpha value is -1.79. The van der Waals surface area contributed by atoms with Gasteiger partial charge < -0.3 is 9.84 Å². The summed E-state index contributed by atoms with van der Waals surface area (Å²) in [5.74, 6) is 6.01. The minimum absolute atomic E-state index is 0.0869. The van der Waals surface area contributed by atoms with Crippen LogP contribution < -0.4 is 4.74 Å². The Morgan fingerprint density at radius 3 is 3.13 bits per heavy atom. The molecule has 2 rings (SSSR count). The fourth-order valence-corrected chi connectivity index (χ4v) is 1.48. The molecule has 3 heteroatoms. The Kier molecular flexibility index (Phi) is 2.70. The van der Waals surface area contributed by atoms with Gasteiger partial charge in [-0.3, -0.25) is 4.79 Å². The number of Topliss-reactive ketones (excluding diaryl/α,β-unsaturated/α-hetero) is 1. The molecule has 1 aromatic rings. The van der Waals surface area contributed by atoms with Crippen LogP contribution in [0.1, 0.15) is 22.3 Å². The topological polar surface area (TPSA) is 46.5 Å². The van der Waals surface area contributed by atoms with Crippen molar-refractivity contribution in [3.63, 3.8) is 0 Å². The molecular weight excluding hydrogens is 192 g/mol. The van der Waals surface area contributed by atoms with Crippen LogP contribution in [0.5, 0.6) is 5.75 Å². The molecular formula is C12H10O3. The van der Waals surface area contributed by atoms with Gasteiger partial charge in [0.15, 0.2) is 5.78 Å². The van der Waals surface area contributed by atoms with Gasteiger partial charge in [-0.25, -0.2) is 0 Å². The van der Waals surface area contributed by atoms with Gasteiger partial charge in [0.2, 0.25) is 0 Å². The van der Waals surface area contributed by atoms with Gasteiger partial charge in [-0.05, 0) is 18.2 Å². The van der Waals surface area contributed by atoms with Crippen LogP contribution in [-0.4, -0.2) is 24.1 Å². The van der Waals surface area contributed by atoms with E-state index in [4.69, 9.17) is 9.84 Å². The van der Waals surface area contributed by atoms with E-state index in [2.05, 4.69) is 11.8 Å². The highest BCUT2D eigenvalue weighted by Crippen LogP contribution is 2.25. The maximum absolute atomic E-state index is 11.5. The number of aliphatic hydroxyl groups is 1. The lowest BCUT2D eigenvalue weighted by Gasteiger charge is -2.15. The van der Waals surface area contributed by atoms with Gasteiger partial charge >= 0.3 is 0 Å². The Balaban J connectivity index is 2.39. The lowest BCUT2D eigenvalue weighted by atomic mass is 10.0. The zero-order chi connectivity index (χ0) is 10.7. The van der Waals surface area contributed by atoms with Crippen molar-refractivity contribution < 1.29 is 14.6 Å². The summed E-state index contributed by atoms with van der Waals surface area (Å²) in [6, 6.07) is 5.23. The predicted octanol–water partition coefficient (Wildman–Crippen LogP) is 0.996. The highest BCUT2D eigenvalue weighted by Gasteiger charge is 2.17. The van der Waals surface area contributed by atoms with Gasteiger partial charge in [0, 0.05) is 12.0 Å². The van der Waals surface area contributed by atoms with Crippen molar-refractivity contribution in [2.45, 2.75) is 6.42 Å². The summed E-state index contributed by atoms with van der Waals surface area (Å²) in [7, 11) is 0. The van der Waals surface area contributed by atoms with E-state index in [1.54, 1.807) is 18.2 Å². The molecule has 0 saturated carbocycles. The summed E-state index contributed by atoms with van der Waals surface area (Å²) < 4.78 is 5.33. The van der Waals surface area contributed by atoms with Crippen molar-refractivity contribution in [1.29, 1.82) is 0 Å². The van der Waals surface area contributed by atoms with Crippen molar-refractivity contribution in [2.75, 3.05) is 13.2 Å². The number of carbonyl (C=O) groups excluding carboxylic acids is 1. The monoisotopic (exact) mass is 202 g/mol. The Labute approximate surface area is 87.7 Å². The number of fused-ring (bicyclic) bond motifs is 1. The summed E-state index contributed by atoms with van der Waals surface area (Å²) in [6.07, 6.45) is 0.421. The summed E-state index contributed by atoms with van der Waals surface area (Å²) >= 11 is 0. The van der Waals surface area contributed by atoms with Crippen LogP contribution in [0.2, 0.25) is 0 Å². The molecule has 1 N–H and O–H groups in total. The molecule has 0 saturated heterocycles. The second kappa shape index (κ2) is 4.16. The number of carbonyl (C=O) groups is 1. The molecule has 0 atom stereocenters. The van der Waals surface area contributed by atoms with Crippen LogP contribution in [-0.2, 0) is 0 Å². The third-order valence-electron chi connectivity index (χ3n) is 2.18. The Bertz CT molecular complexity index is 452. The van der Waals surface area contributed by atoms with E-state index < -0.39 is 0 Å². The Morgan fingerprint density at radius 2 is 2.33 bits per heavy atom. The number of hydrogen-bond donors (Lipinski definition) is 1. The molecule has 1 aliphatic rings. The summed E-state index contributed by atoms with van der Waals surface area (Å²) in [6.45, 7) is 0.273. The smallest absolute Gasteiger partial charge is 0.170 e. The number of rotatable bonds is 0. The van der Waals surface area contributed by atoms with Crippen molar-refractivity contribution in [3.8, 4) is 17.6 Å². The fourth-order valence-electron chi connectivity index (χ4n) is 1.48. The molecule has 0 amide bonds. The normalized spacial score (nSPS) is 13.5. The van der Waals surface area contributed by atoms with E-state index >= 15 is 0 Å². The largest absolute Gasteiger partial charge is 0.492 e. The highest BCUT2D eigenvalue weighted by molar-refractivity contribution is 5.99. The molecule has 1 aromatic carbocycles. The molecule has 0 unspecified atom stereocenters. The lowest BCUT2D eigenvalue weighted by molar-refractivity contribution is 0.0933. The molecule has 1 aliphatic heterocycles. The fraction of sp³-hybridized carbons (Fsp3) is 0.250. The van der Waals surface area contributed by atoms with Crippen molar-refractivity contribution in [3.05, 3.63) is 29.3 Å². The van der Waals surface area contributed by atoms with Crippen LogP contribution in [0.15, 0.2) is 18.2 Å². The summed E-state index contributed by atoms with van der Waals surface area (Å²) in [4.78, 5) is 11.5. The Morgan fingerprint density at radius 1 is 1.47 bits per heavy atom. The van der Waals surface area contributed by atoms with E-state index in [-0.39, 0.29) is 12.4 Å². The maximum atomic E-state index is 11.5. The van der Waals surface area contributed by atoms with E-state index in [1.807, 2.05) is 0 Å². The van der Waals surface area contributed by atoms with Crippen molar-refractivity contribution in [2.24, 2.45) is 0 Å². The first kappa shape index (κ1) is 9.75. The SMILES string of the molecule is O=C1CCOc2ccc(C#CCO)cc21. The molecule has 0 fully saturated rings. The van der Waals surface area contributed by atoms with E-state index in [0.717, 1.165) is 5.56 Å². The highest BCUT2D eigenvalue weighted by atomic mass is 16.5. The minimum atomic E-state index is -0.179. The molecule has 0 aliphatic carbocycles. The second-order valence-electron chi connectivity index (χ2n) is 3.19. The van der Waals surface area contributed by atoms with Gasteiger partial charge in [-0.15, -0.1) is 0 Å². The first-order valence-corrected chi connectivity index (χ1v) is 4.71. The average Bonchev–Trinajstić information content (AvgIpc) is 2.27. The molecule has 0 radical (unpaired) electrons. The molecule has 0 spiro atoms. The zero-order valence-corrected chi connectivity index (χ0v) is 8.12. The first-order valence-electron chi connectivity index (χ1n) is 4.71. The van der Waals surface area contributed by atoms with Crippen LogP contribution in [0.25, 0.3) is 0 Å². The third-order valence-corrected chi connectivity index (χ3v) is 2.18. The van der Waals surface area contributed by atoms with E-state index in [9.17, 15) is 4.79 Å². The van der Waals surface area contributed by atoms with Gasteiger partial charge in [0.1, 0.15) is 12.4 Å². The molecule has 76 valence electrons. The molecule has 3 nitrogen and oxygen atoms in total. The standard InChI is InChI=1S/C12H10O3/c13-6-1-2-9-3-4-12-10(8-9)11(14)5-7-15-12/h3-4,8,13H,5-7H2. The number of aliphatic hydroxyl groups excluding tert-OH is 1. The van der Waals surface area contributed by atoms with Crippen LogP contribution >= 0.6 is 0 Å². The number of ether oxygens (including phenoxy) is 1. The number of ketones is 1. The van der Waals surface area contributed by atoms with Crippen LogP contribution in [0.4, 0.5) is 0 Å². The van der Waals surface area contributed by atoms with Gasteiger partial charge in [-0.1, -0.05) is 11.8 Å². The summed E-state index contributed by atoms with van der Waals surface area (Å²) in [5, 5.41) is 8.55. The van der Waals surface area contributed by atoms with Crippen molar-refractivity contribution in [1.82, 2.24) is 0 Å². The molecule has 15 heavy (non-hydrogen) atoms. The van der Waals surface area contributed by atoms with Gasteiger partial charge in [0.05, 0.1) is 12.2 Å². The zero-order valence-electron chi connectivity index (χ0n) is 8.12. The lowest BCUT2D eigenvalue weighted by Crippen LogP contribution is -2.15. The van der Waals surface area contributed by atoms with E-state index in [1.165, 1.54) is 0 Å². The second-order valence-corrected chi connectivity index (χ2v) is 3.19. The number of benzene rings is 1. The number of hydrogen-bond acceptors (Lipinski definition) is 3. The third kappa shape index (κ3) is 2.00. The molecule has 0 aromatic heterocycles. The molecule has 0 bridgehead atoms. The van der Waals surface area contributed by atoms with E-state index in [0.29, 0.717) is 24.3 Å². The van der Waals surface area contributed by atoms with Crippen molar-refractivity contribution >= 4 is 5.78 Å². The van der Waals surface area contributed by atoms with Crippen LogP contribution in [0, 0.1) is 11.8 Å². The molecule has 1 heterocycles. The quantitative estimate of drug-likeness (QED) is 0.638. The average molecular weight is 202 g/mol.